The van der Waals surface area contributed by atoms with Gasteiger partial charge in [0, 0.05) is 5.56 Å². The van der Waals surface area contributed by atoms with Gasteiger partial charge in [-0.1, -0.05) is 48.6 Å². The third-order valence-corrected chi connectivity index (χ3v) is 3.25. The largest absolute Gasteiger partial charge is 0.491 e. The number of ether oxygens (including phenoxy) is 1. The number of para-hydroxylation sites is 2. The summed E-state index contributed by atoms with van der Waals surface area (Å²) in [5.41, 5.74) is 2.15. The number of rotatable bonds is 10. The summed E-state index contributed by atoms with van der Waals surface area (Å²) in [6, 6.07) is 15.6. The molecule has 0 unspecified atom stereocenters. The summed E-state index contributed by atoms with van der Waals surface area (Å²) >= 11 is 0. The van der Waals surface area contributed by atoms with Crippen molar-refractivity contribution in [1.82, 2.24) is 0 Å². The van der Waals surface area contributed by atoms with Crippen LogP contribution in [0.1, 0.15) is 11.1 Å². The molecule has 2 aromatic carbocycles. The van der Waals surface area contributed by atoms with E-state index in [1.165, 1.54) is 0 Å². The van der Waals surface area contributed by atoms with Crippen molar-refractivity contribution >= 4 is 0 Å². The molecule has 0 atom stereocenters. The van der Waals surface area contributed by atoms with Crippen LogP contribution in [0.3, 0.4) is 0 Å². The zero-order chi connectivity index (χ0) is 16.3. The molecule has 3 nitrogen and oxygen atoms in total. The predicted octanol–water partition coefficient (Wildman–Crippen LogP) is 4.53. The Balaban J connectivity index is 1.78. The molecule has 0 amide bonds. The van der Waals surface area contributed by atoms with Crippen LogP contribution in [0.4, 0.5) is 0 Å². The van der Waals surface area contributed by atoms with E-state index in [0.717, 1.165) is 29.7 Å². The first-order chi connectivity index (χ1) is 11.3. The summed E-state index contributed by atoms with van der Waals surface area (Å²) in [5.74, 6) is 1.56. The summed E-state index contributed by atoms with van der Waals surface area (Å²) in [5, 5.41) is 0. The maximum atomic E-state index is 5.74. The van der Waals surface area contributed by atoms with Crippen molar-refractivity contribution in [3.8, 4) is 11.5 Å². The molecule has 0 fully saturated rings. The molecule has 0 saturated heterocycles. The van der Waals surface area contributed by atoms with Gasteiger partial charge in [-0.2, -0.15) is 4.89 Å². The van der Waals surface area contributed by atoms with Gasteiger partial charge in [0.15, 0.2) is 5.75 Å². The topological polar surface area (TPSA) is 27.7 Å². The summed E-state index contributed by atoms with van der Waals surface area (Å²) in [6.07, 6.45) is 5.22. The van der Waals surface area contributed by atoms with Crippen molar-refractivity contribution in [3.63, 3.8) is 0 Å². The fraction of sp³-hybridized carbons (Fsp3) is 0.200. The van der Waals surface area contributed by atoms with Crippen molar-refractivity contribution in [2.75, 3.05) is 13.2 Å². The van der Waals surface area contributed by atoms with Crippen molar-refractivity contribution in [1.29, 1.82) is 0 Å². The SMILES string of the molecule is C=CCc1ccccc1OCCOOc1ccccc1CC=C. The predicted molar refractivity (Wildman–Crippen MR) is 92.8 cm³/mol. The van der Waals surface area contributed by atoms with Gasteiger partial charge in [-0.25, -0.2) is 0 Å². The molecule has 0 radical (unpaired) electrons. The monoisotopic (exact) mass is 310 g/mol. The normalized spacial score (nSPS) is 10.1. The second-order valence-corrected chi connectivity index (χ2v) is 4.95. The molecule has 2 aromatic rings. The van der Waals surface area contributed by atoms with E-state index < -0.39 is 0 Å². The molecular weight excluding hydrogens is 288 g/mol. The maximum Gasteiger partial charge on any atom is 0.168 e. The van der Waals surface area contributed by atoms with Crippen molar-refractivity contribution in [3.05, 3.63) is 85.0 Å². The number of hydrogen-bond acceptors (Lipinski definition) is 3. The highest BCUT2D eigenvalue weighted by Gasteiger charge is 2.04. The molecule has 0 spiro atoms. The van der Waals surface area contributed by atoms with Crippen LogP contribution in [0.5, 0.6) is 11.5 Å². The zero-order valence-electron chi connectivity index (χ0n) is 13.2. The Hall–Kier alpha value is -2.52. The van der Waals surface area contributed by atoms with Crippen LogP contribution in [0.2, 0.25) is 0 Å². The Morgan fingerprint density at radius 1 is 0.739 bits per heavy atom. The maximum absolute atomic E-state index is 5.74. The van der Waals surface area contributed by atoms with Crippen LogP contribution >= 0.6 is 0 Å². The fourth-order valence-electron chi connectivity index (χ4n) is 2.17. The van der Waals surface area contributed by atoms with Crippen LogP contribution < -0.4 is 9.62 Å². The van der Waals surface area contributed by atoms with Gasteiger partial charge in [0.2, 0.25) is 0 Å². The smallest absolute Gasteiger partial charge is 0.168 e. The molecule has 0 bridgehead atoms. The summed E-state index contributed by atoms with van der Waals surface area (Å²) < 4.78 is 5.74. The second kappa shape index (κ2) is 9.49. The molecule has 3 heteroatoms. The van der Waals surface area contributed by atoms with Crippen molar-refractivity contribution in [2.45, 2.75) is 12.8 Å². The van der Waals surface area contributed by atoms with E-state index >= 15 is 0 Å². The van der Waals surface area contributed by atoms with E-state index in [1.807, 2.05) is 60.7 Å². The van der Waals surface area contributed by atoms with Crippen LogP contribution in [-0.2, 0) is 17.7 Å². The first-order valence-electron chi connectivity index (χ1n) is 7.65. The molecule has 120 valence electrons. The Morgan fingerprint density at radius 2 is 1.30 bits per heavy atom. The molecule has 0 aliphatic carbocycles. The van der Waals surface area contributed by atoms with Gasteiger partial charge in [0.05, 0.1) is 0 Å². The van der Waals surface area contributed by atoms with Crippen LogP contribution in [0, 0.1) is 0 Å². The quantitative estimate of drug-likeness (QED) is 0.279. The number of benzene rings is 2. The summed E-state index contributed by atoms with van der Waals surface area (Å²) in [7, 11) is 0. The highest BCUT2D eigenvalue weighted by Crippen LogP contribution is 2.20. The van der Waals surface area contributed by atoms with Crippen molar-refractivity contribution in [2.24, 2.45) is 0 Å². The minimum atomic E-state index is 0.338. The van der Waals surface area contributed by atoms with Gasteiger partial charge in [-0.15, -0.1) is 13.2 Å². The molecule has 0 aliphatic heterocycles. The third kappa shape index (κ3) is 5.31. The summed E-state index contributed by atoms with van der Waals surface area (Å²) in [4.78, 5) is 10.6. The molecule has 2 rings (SSSR count). The molecule has 0 heterocycles. The lowest BCUT2D eigenvalue weighted by molar-refractivity contribution is -0.211. The lowest BCUT2D eigenvalue weighted by Gasteiger charge is -2.11. The van der Waals surface area contributed by atoms with Gasteiger partial charge in [-0.3, -0.25) is 0 Å². The fourth-order valence-corrected chi connectivity index (χ4v) is 2.17. The number of hydrogen-bond donors (Lipinski definition) is 0. The van der Waals surface area contributed by atoms with E-state index in [9.17, 15) is 0 Å². The van der Waals surface area contributed by atoms with E-state index in [2.05, 4.69) is 13.2 Å². The van der Waals surface area contributed by atoms with Gasteiger partial charge in [0.25, 0.3) is 0 Å². The Labute approximate surface area is 137 Å². The van der Waals surface area contributed by atoms with E-state index in [1.54, 1.807) is 0 Å². The molecular formula is C20H22O3. The Morgan fingerprint density at radius 3 is 1.96 bits per heavy atom. The van der Waals surface area contributed by atoms with Crippen LogP contribution in [0.25, 0.3) is 0 Å². The minimum absolute atomic E-state index is 0.338. The first-order valence-corrected chi connectivity index (χ1v) is 7.65. The second-order valence-electron chi connectivity index (χ2n) is 4.95. The lowest BCUT2D eigenvalue weighted by Crippen LogP contribution is -2.10. The van der Waals surface area contributed by atoms with E-state index in [-0.39, 0.29) is 0 Å². The first kappa shape index (κ1) is 16.8. The third-order valence-electron chi connectivity index (χ3n) is 3.25. The van der Waals surface area contributed by atoms with Crippen LogP contribution in [0.15, 0.2) is 73.8 Å². The molecule has 23 heavy (non-hydrogen) atoms. The molecule has 0 aliphatic rings. The molecule has 0 N–H and O–H groups in total. The van der Waals surface area contributed by atoms with Crippen LogP contribution in [-0.4, -0.2) is 13.2 Å². The van der Waals surface area contributed by atoms with E-state index in [4.69, 9.17) is 14.5 Å². The standard InChI is InChI=1S/C20H22O3/c1-3-9-17-11-5-7-13-19(17)21-15-16-22-23-20-14-8-6-12-18(20)10-4-2/h3-8,11-14H,1-2,9-10,15-16H2. The summed E-state index contributed by atoms with van der Waals surface area (Å²) in [6.45, 7) is 8.25. The van der Waals surface area contributed by atoms with Gasteiger partial charge in [0.1, 0.15) is 19.0 Å². The van der Waals surface area contributed by atoms with E-state index in [0.29, 0.717) is 19.0 Å². The minimum Gasteiger partial charge on any atom is -0.491 e. The average molecular weight is 310 g/mol. The average Bonchev–Trinajstić information content (AvgIpc) is 2.58. The Kier molecular flexibility index (Phi) is 6.95. The number of allylic oxidation sites excluding steroid dienone is 2. The van der Waals surface area contributed by atoms with Gasteiger partial charge < -0.3 is 9.62 Å². The highest BCUT2D eigenvalue weighted by atomic mass is 17.2. The Bertz CT molecular complexity index is 579. The lowest BCUT2D eigenvalue weighted by atomic mass is 10.1. The van der Waals surface area contributed by atoms with Crippen molar-refractivity contribution < 1.29 is 14.5 Å². The molecule has 0 saturated carbocycles. The zero-order valence-corrected chi connectivity index (χ0v) is 13.2. The van der Waals surface area contributed by atoms with Gasteiger partial charge in [-0.05, 0) is 30.5 Å². The molecule has 0 aromatic heterocycles. The van der Waals surface area contributed by atoms with Gasteiger partial charge >= 0.3 is 0 Å². The highest BCUT2D eigenvalue weighted by molar-refractivity contribution is 5.35.